The average Bonchev–Trinajstić information content (AvgIpc) is 2.90. The van der Waals surface area contributed by atoms with Crippen LogP contribution in [0.5, 0.6) is 0 Å². The molecule has 2 bridgehead atoms. The van der Waals surface area contributed by atoms with Crippen LogP contribution in [0.25, 0.3) is 0 Å². The first kappa shape index (κ1) is 11.5. The van der Waals surface area contributed by atoms with Crippen LogP contribution in [0, 0.1) is 5.92 Å². The molecule has 0 saturated carbocycles. The van der Waals surface area contributed by atoms with Gasteiger partial charge in [-0.2, -0.15) is 5.10 Å². The molecule has 2 aliphatic rings. The van der Waals surface area contributed by atoms with Gasteiger partial charge in [-0.05, 0) is 25.3 Å². The summed E-state index contributed by atoms with van der Waals surface area (Å²) < 4.78 is 1.58. The highest BCUT2D eigenvalue weighted by molar-refractivity contribution is 5.73. The summed E-state index contributed by atoms with van der Waals surface area (Å²) in [6.07, 6.45) is 6.09. The van der Waals surface area contributed by atoms with Crippen LogP contribution in [0.1, 0.15) is 12.8 Å². The lowest BCUT2D eigenvalue weighted by atomic mass is 9.94. The van der Waals surface area contributed by atoms with Crippen LogP contribution >= 0.6 is 0 Å². The first-order valence-electron chi connectivity index (χ1n) is 6.50. The second kappa shape index (κ2) is 4.61. The second-order valence-corrected chi connectivity index (χ2v) is 5.28. The molecule has 1 amide bonds. The lowest BCUT2D eigenvalue weighted by Crippen LogP contribution is -2.39. The van der Waals surface area contributed by atoms with Crippen molar-refractivity contribution in [3.8, 4) is 0 Å². The van der Waals surface area contributed by atoms with E-state index in [1.54, 1.807) is 10.9 Å². The van der Waals surface area contributed by atoms with Crippen LogP contribution in [0.4, 0.5) is 5.69 Å². The highest BCUT2D eigenvalue weighted by atomic mass is 16.1. The molecule has 0 spiro atoms. The van der Waals surface area contributed by atoms with E-state index in [1.807, 2.05) is 6.20 Å². The van der Waals surface area contributed by atoms with Gasteiger partial charge in [-0.3, -0.25) is 9.48 Å². The van der Waals surface area contributed by atoms with Gasteiger partial charge in [0.25, 0.3) is 0 Å². The molecule has 18 heavy (non-hydrogen) atoms. The summed E-state index contributed by atoms with van der Waals surface area (Å²) in [7, 11) is 0. The van der Waals surface area contributed by atoms with Crippen molar-refractivity contribution in [2.24, 2.45) is 11.7 Å². The first-order valence-corrected chi connectivity index (χ1v) is 6.50. The Morgan fingerprint density at radius 2 is 2.33 bits per heavy atom. The van der Waals surface area contributed by atoms with Crippen molar-refractivity contribution in [2.75, 3.05) is 25.0 Å². The van der Waals surface area contributed by atoms with E-state index in [2.05, 4.69) is 15.3 Å². The normalized spacial score (nSPS) is 30.3. The van der Waals surface area contributed by atoms with Gasteiger partial charge < -0.3 is 16.0 Å². The van der Waals surface area contributed by atoms with Gasteiger partial charge in [0.05, 0.1) is 11.9 Å². The largest absolute Gasteiger partial charge is 0.379 e. The molecule has 3 N–H and O–H groups in total. The van der Waals surface area contributed by atoms with Crippen LogP contribution in [0.2, 0.25) is 0 Å². The summed E-state index contributed by atoms with van der Waals surface area (Å²) in [5, 5.41) is 7.67. The standard InChI is InChI=1S/C12H19N5O/c13-12(18)8-17-7-10(5-14-17)15-11-2-4-16-3-1-9(11)6-16/h5,7,9,11,15H,1-4,6,8H2,(H2,13,18). The number of nitrogens with two attached hydrogens (primary N) is 1. The van der Waals surface area contributed by atoms with E-state index in [-0.39, 0.29) is 12.5 Å². The van der Waals surface area contributed by atoms with Crippen molar-refractivity contribution < 1.29 is 4.79 Å². The molecule has 3 atom stereocenters. The monoisotopic (exact) mass is 249 g/mol. The summed E-state index contributed by atoms with van der Waals surface area (Å²) in [6, 6.07) is 0.537. The number of anilines is 1. The van der Waals surface area contributed by atoms with Gasteiger partial charge in [-0.25, -0.2) is 0 Å². The number of rotatable bonds is 4. The summed E-state index contributed by atoms with van der Waals surface area (Å²) in [5.41, 5.74) is 6.13. The smallest absolute Gasteiger partial charge is 0.239 e. The molecule has 1 aromatic rings. The summed E-state index contributed by atoms with van der Waals surface area (Å²) in [5.74, 6) is 0.381. The summed E-state index contributed by atoms with van der Waals surface area (Å²) >= 11 is 0. The number of fused-ring (bicyclic) bond motifs is 2. The molecule has 2 fully saturated rings. The van der Waals surface area contributed by atoms with Crippen molar-refractivity contribution in [3.05, 3.63) is 12.4 Å². The Labute approximate surface area is 106 Å². The van der Waals surface area contributed by atoms with Crippen LogP contribution in [-0.2, 0) is 11.3 Å². The lowest BCUT2D eigenvalue weighted by molar-refractivity contribution is -0.118. The highest BCUT2D eigenvalue weighted by Crippen LogP contribution is 2.29. The van der Waals surface area contributed by atoms with Crippen LogP contribution < -0.4 is 11.1 Å². The summed E-state index contributed by atoms with van der Waals surface area (Å²) in [6.45, 7) is 3.78. The fraction of sp³-hybridized carbons (Fsp3) is 0.667. The SMILES string of the molecule is NC(=O)Cn1cc(NC2CCN3CCC2C3)cn1. The number of hydrogen-bond acceptors (Lipinski definition) is 4. The number of carbonyl (C=O) groups is 1. The van der Waals surface area contributed by atoms with E-state index in [1.165, 1.54) is 32.5 Å². The number of carbonyl (C=O) groups excluding carboxylic acids is 1. The minimum Gasteiger partial charge on any atom is -0.379 e. The minimum atomic E-state index is -0.367. The molecule has 3 rings (SSSR count). The molecule has 6 nitrogen and oxygen atoms in total. The Kier molecular flexibility index (Phi) is 2.95. The molecule has 2 saturated heterocycles. The Balaban J connectivity index is 1.62. The van der Waals surface area contributed by atoms with Gasteiger partial charge in [0.1, 0.15) is 6.54 Å². The van der Waals surface area contributed by atoms with Crippen molar-refractivity contribution in [1.29, 1.82) is 0 Å². The van der Waals surface area contributed by atoms with E-state index in [4.69, 9.17) is 5.73 Å². The highest BCUT2D eigenvalue weighted by Gasteiger charge is 2.34. The second-order valence-electron chi connectivity index (χ2n) is 5.28. The zero-order valence-electron chi connectivity index (χ0n) is 10.4. The third-order valence-electron chi connectivity index (χ3n) is 3.94. The Morgan fingerprint density at radius 3 is 3.17 bits per heavy atom. The van der Waals surface area contributed by atoms with E-state index >= 15 is 0 Å². The van der Waals surface area contributed by atoms with Crippen molar-refractivity contribution in [2.45, 2.75) is 25.4 Å². The number of primary amides is 1. The molecule has 1 aromatic heterocycles. The van der Waals surface area contributed by atoms with Crippen LogP contribution in [-0.4, -0.2) is 46.3 Å². The number of aromatic nitrogens is 2. The lowest BCUT2D eigenvalue weighted by Gasteiger charge is -2.31. The van der Waals surface area contributed by atoms with Crippen LogP contribution in [0.3, 0.4) is 0 Å². The predicted octanol–water partition coefficient (Wildman–Crippen LogP) is -0.126. The van der Waals surface area contributed by atoms with E-state index in [0.29, 0.717) is 6.04 Å². The molecule has 3 heterocycles. The van der Waals surface area contributed by atoms with Crippen LogP contribution in [0.15, 0.2) is 12.4 Å². The number of nitrogens with zero attached hydrogens (tertiary/aromatic N) is 3. The fourth-order valence-electron chi connectivity index (χ4n) is 3.04. The molecule has 98 valence electrons. The predicted molar refractivity (Wildman–Crippen MR) is 68.0 cm³/mol. The molecule has 2 aliphatic heterocycles. The Bertz CT molecular complexity index is 443. The molecular weight excluding hydrogens is 230 g/mol. The van der Waals surface area contributed by atoms with Gasteiger partial charge >= 0.3 is 0 Å². The maximum Gasteiger partial charge on any atom is 0.239 e. The fourth-order valence-corrected chi connectivity index (χ4v) is 3.04. The molecule has 0 aromatic carbocycles. The number of hydrogen-bond donors (Lipinski definition) is 2. The van der Waals surface area contributed by atoms with E-state index < -0.39 is 0 Å². The van der Waals surface area contributed by atoms with E-state index in [0.717, 1.165) is 11.6 Å². The van der Waals surface area contributed by atoms with E-state index in [9.17, 15) is 4.79 Å². The Hall–Kier alpha value is -1.56. The molecule has 0 radical (unpaired) electrons. The Morgan fingerprint density at radius 1 is 1.50 bits per heavy atom. The number of nitrogens with one attached hydrogen (secondary N) is 1. The first-order chi connectivity index (χ1) is 8.70. The van der Waals surface area contributed by atoms with Crippen molar-refractivity contribution in [3.63, 3.8) is 0 Å². The molecule has 3 unspecified atom stereocenters. The van der Waals surface area contributed by atoms with Gasteiger partial charge in [0, 0.05) is 25.3 Å². The van der Waals surface area contributed by atoms with Crippen molar-refractivity contribution in [1.82, 2.24) is 14.7 Å². The van der Waals surface area contributed by atoms with Gasteiger partial charge in [0.2, 0.25) is 5.91 Å². The maximum absolute atomic E-state index is 10.8. The van der Waals surface area contributed by atoms with Crippen molar-refractivity contribution >= 4 is 11.6 Å². The molecular formula is C12H19N5O. The third kappa shape index (κ3) is 2.33. The zero-order valence-corrected chi connectivity index (χ0v) is 10.4. The average molecular weight is 249 g/mol. The van der Waals surface area contributed by atoms with Gasteiger partial charge in [0.15, 0.2) is 0 Å². The topological polar surface area (TPSA) is 76.2 Å². The number of piperidine rings is 1. The van der Waals surface area contributed by atoms with Gasteiger partial charge in [-0.15, -0.1) is 0 Å². The number of amides is 1. The van der Waals surface area contributed by atoms with Gasteiger partial charge in [-0.1, -0.05) is 0 Å². The third-order valence-corrected chi connectivity index (χ3v) is 3.94. The maximum atomic E-state index is 10.8. The molecule has 0 aliphatic carbocycles. The zero-order chi connectivity index (χ0) is 12.5. The minimum absolute atomic E-state index is 0.142. The quantitative estimate of drug-likeness (QED) is 0.779. The molecule has 6 heteroatoms. The summed E-state index contributed by atoms with van der Waals surface area (Å²) in [4.78, 5) is 13.3.